The fourth-order valence-corrected chi connectivity index (χ4v) is 6.18. The number of para-hydroxylation sites is 2. The van der Waals surface area contributed by atoms with E-state index in [1.165, 1.54) is 101 Å². The molecule has 2 aromatic carbocycles. The number of hydrogen-bond acceptors (Lipinski definition) is 2. The number of amides is 1. The predicted molar refractivity (Wildman–Crippen MR) is 164 cm³/mol. The molecule has 1 fully saturated rings. The van der Waals surface area contributed by atoms with Gasteiger partial charge in [0.25, 0.3) is 0 Å². The first-order valence-corrected chi connectivity index (χ1v) is 16.0. The number of rotatable bonds is 19. The third kappa shape index (κ3) is 9.22. The number of unbranched alkanes of at least 4 members (excludes halogenated alkanes) is 13. The summed E-state index contributed by atoms with van der Waals surface area (Å²) >= 11 is 0. The van der Waals surface area contributed by atoms with Crippen LogP contribution >= 0.6 is 0 Å². The summed E-state index contributed by atoms with van der Waals surface area (Å²) in [5, 5.41) is 0. The number of likely N-dealkylation sites (tertiary alicyclic amines) is 1. The van der Waals surface area contributed by atoms with Crippen molar-refractivity contribution in [2.24, 2.45) is 0 Å². The average Bonchev–Trinajstić information content (AvgIpc) is 3.52. The van der Waals surface area contributed by atoms with E-state index < -0.39 is 0 Å². The second kappa shape index (κ2) is 16.5. The van der Waals surface area contributed by atoms with Gasteiger partial charge in [-0.1, -0.05) is 133 Å². The van der Waals surface area contributed by atoms with Crippen molar-refractivity contribution in [1.82, 2.24) is 14.5 Å². The molecular formula is C35H51N3O. The van der Waals surface area contributed by atoms with E-state index in [1.54, 1.807) is 0 Å². The SMILES string of the molecule is CCCCCCCCCCCCCCCCn1c(C2CC(=O)N(CCc3ccccc3)C2)nc2ccccc21. The summed E-state index contributed by atoms with van der Waals surface area (Å²) < 4.78 is 2.43. The zero-order valence-electron chi connectivity index (χ0n) is 24.5. The number of benzene rings is 2. The summed E-state index contributed by atoms with van der Waals surface area (Å²) in [5.74, 6) is 1.57. The van der Waals surface area contributed by atoms with Crippen LogP contribution in [0, 0.1) is 0 Å². The van der Waals surface area contributed by atoms with E-state index in [2.05, 4.69) is 60.0 Å². The monoisotopic (exact) mass is 529 g/mol. The predicted octanol–water partition coefficient (Wildman–Crippen LogP) is 9.08. The van der Waals surface area contributed by atoms with Crippen LogP contribution in [-0.4, -0.2) is 33.4 Å². The fourth-order valence-electron chi connectivity index (χ4n) is 6.18. The summed E-state index contributed by atoms with van der Waals surface area (Å²) in [6, 6.07) is 19.0. The molecule has 4 rings (SSSR count). The van der Waals surface area contributed by atoms with Crippen molar-refractivity contribution in [3.8, 4) is 0 Å². The van der Waals surface area contributed by atoms with Crippen LogP contribution < -0.4 is 0 Å². The molecule has 4 heteroatoms. The molecule has 3 aromatic rings. The minimum absolute atomic E-state index is 0.187. The van der Waals surface area contributed by atoms with Gasteiger partial charge in [0.05, 0.1) is 11.0 Å². The Bertz CT molecular complexity index is 1110. The fraction of sp³-hybridized carbons (Fsp3) is 0.600. The van der Waals surface area contributed by atoms with Crippen molar-refractivity contribution in [2.45, 2.75) is 122 Å². The molecule has 4 nitrogen and oxygen atoms in total. The smallest absolute Gasteiger partial charge is 0.223 e. The van der Waals surface area contributed by atoms with Gasteiger partial charge in [0, 0.05) is 32.0 Å². The van der Waals surface area contributed by atoms with Gasteiger partial charge in [-0.05, 0) is 30.5 Å². The highest BCUT2D eigenvalue weighted by Crippen LogP contribution is 2.31. The lowest BCUT2D eigenvalue weighted by atomic mass is 10.0. The van der Waals surface area contributed by atoms with Gasteiger partial charge in [-0.25, -0.2) is 4.98 Å². The van der Waals surface area contributed by atoms with Gasteiger partial charge in [-0.2, -0.15) is 0 Å². The lowest BCUT2D eigenvalue weighted by molar-refractivity contribution is -0.127. The standard InChI is InChI=1S/C35H51N3O/c1-2-3-4-5-6-7-8-9-10-11-12-13-14-20-26-38-33-24-19-18-23-32(33)36-35(38)31-28-34(39)37(29-31)27-25-30-21-16-15-17-22-30/h15-19,21-24,31H,2-14,20,25-29H2,1H3. The van der Waals surface area contributed by atoms with E-state index in [1.807, 2.05) is 11.0 Å². The normalized spacial score (nSPS) is 15.6. The Labute approximate surface area is 237 Å². The van der Waals surface area contributed by atoms with Crippen LogP contribution in [0.4, 0.5) is 0 Å². The van der Waals surface area contributed by atoms with E-state index in [0.717, 1.165) is 37.4 Å². The molecule has 1 aliphatic rings. The Morgan fingerprint density at radius 2 is 1.31 bits per heavy atom. The lowest BCUT2D eigenvalue weighted by Gasteiger charge is -2.17. The number of nitrogens with zero attached hydrogens (tertiary/aromatic N) is 3. The highest BCUT2D eigenvalue weighted by molar-refractivity contribution is 5.81. The maximum absolute atomic E-state index is 12.9. The minimum atomic E-state index is 0.187. The summed E-state index contributed by atoms with van der Waals surface area (Å²) in [6.45, 7) is 4.87. The van der Waals surface area contributed by atoms with E-state index in [0.29, 0.717) is 6.42 Å². The summed E-state index contributed by atoms with van der Waals surface area (Å²) in [4.78, 5) is 20.0. The van der Waals surface area contributed by atoms with Crippen LogP contribution in [0.15, 0.2) is 54.6 Å². The highest BCUT2D eigenvalue weighted by atomic mass is 16.2. The van der Waals surface area contributed by atoms with Crippen LogP contribution in [0.2, 0.25) is 0 Å². The van der Waals surface area contributed by atoms with Crippen molar-refractivity contribution in [3.63, 3.8) is 0 Å². The van der Waals surface area contributed by atoms with Gasteiger partial charge in [-0.15, -0.1) is 0 Å². The number of fused-ring (bicyclic) bond motifs is 1. The average molecular weight is 530 g/mol. The maximum Gasteiger partial charge on any atom is 0.223 e. The second-order valence-electron chi connectivity index (χ2n) is 11.7. The molecule has 1 saturated heterocycles. The van der Waals surface area contributed by atoms with E-state index >= 15 is 0 Å². The van der Waals surface area contributed by atoms with Gasteiger partial charge in [0.15, 0.2) is 0 Å². The molecule has 1 aliphatic heterocycles. The lowest BCUT2D eigenvalue weighted by Crippen LogP contribution is -2.27. The first-order chi connectivity index (χ1) is 19.3. The molecule has 212 valence electrons. The van der Waals surface area contributed by atoms with Crippen LogP contribution in [0.5, 0.6) is 0 Å². The number of carbonyl (C=O) groups is 1. The van der Waals surface area contributed by atoms with E-state index in [-0.39, 0.29) is 11.8 Å². The number of carbonyl (C=O) groups excluding carboxylic acids is 1. The molecule has 0 bridgehead atoms. The maximum atomic E-state index is 12.9. The van der Waals surface area contributed by atoms with Gasteiger partial charge in [0.2, 0.25) is 5.91 Å². The highest BCUT2D eigenvalue weighted by Gasteiger charge is 2.33. The van der Waals surface area contributed by atoms with Crippen molar-refractivity contribution >= 4 is 16.9 Å². The van der Waals surface area contributed by atoms with Crippen molar-refractivity contribution < 1.29 is 4.79 Å². The third-order valence-electron chi connectivity index (χ3n) is 8.51. The van der Waals surface area contributed by atoms with Crippen molar-refractivity contribution in [1.29, 1.82) is 0 Å². The molecule has 0 radical (unpaired) electrons. The minimum Gasteiger partial charge on any atom is -0.342 e. The molecule has 1 aromatic heterocycles. The van der Waals surface area contributed by atoms with Crippen LogP contribution in [0.1, 0.15) is 121 Å². The van der Waals surface area contributed by atoms with Crippen molar-refractivity contribution in [3.05, 3.63) is 66.0 Å². The van der Waals surface area contributed by atoms with Crippen LogP contribution in [-0.2, 0) is 17.8 Å². The Hall–Kier alpha value is -2.62. The quantitative estimate of drug-likeness (QED) is 0.145. The molecule has 0 N–H and O–H groups in total. The molecule has 1 unspecified atom stereocenters. The molecule has 0 aliphatic carbocycles. The summed E-state index contributed by atoms with van der Waals surface area (Å²) in [7, 11) is 0. The summed E-state index contributed by atoms with van der Waals surface area (Å²) in [6.07, 6.45) is 20.8. The second-order valence-corrected chi connectivity index (χ2v) is 11.7. The zero-order valence-corrected chi connectivity index (χ0v) is 24.5. The molecule has 1 amide bonds. The van der Waals surface area contributed by atoms with Crippen LogP contribution in [0.25, 0.3) is 11.0 Å². The van der Waals surface area contributed by atoms with Gasteiger partial charge >= 0.3 is 0 Å². The van der Waals surface area contributed by atoms with Crippen molar-refractivity contribution in [2.75, 3.05) is 13.1 Å². The first-order valence-electron chi connectivity index (χ1n) is 16.0. The van der Waals surface area contributed by atoms with E-state index in [4.69, 9.17) is 4.98 Å². The number of aryl methyl sites for hydroxylation is 1. The van der Waals surface area contributed by atoms with Gasteiger partial charge in [0.1, 0.15) is 5.82 Å². The number of aromatic nitrogens is 2. The molecule has 0 saturated carbocycles. The zero-order chi connectivity index (χ0) is 27.1. The Morgan fingerprint density at radius 1 is 0.718 bits per heavy atom. The van der Waals surface area contributed by atoms with Gasteiger partial charge < -0.3 is 9.47 Å². The van der Waals surface area contributed by atoms with Gasteiger partial charge in [-0.3, -0.25) is 4.79 Å². The summed E-state index contributed by atoms with van der Waals surface area (Å²) in [5.41, 5.74) is 3.57. The third-order valence-corrected chi connectivity index (χ3v) is 8.51. The molecule has 2 heterocycles. The van der Waals surface area contributed by atoms with Crippen LogP contribution in [0.3, 0.4) is 0 Å². The largest absolute Gasteiger partial charge is 0.342 e. The first kappa shape index (κ1) is 29.4. The molecular weight excluding hydrogens is 478 g/mol. The number of imidazole rings is 1. The Kier molecular flexibility index (Phi) is 12.4. The topological polar surface area (TPSA) is 38.1 Å². The molecule has 1 atom stereocenters. The number of hydrogen-bond donors (Lipinski definition) is 0. The molecule has 0 spiro atoms. The van der Waals surface area contributed by atoms with E-state index in [9.17, 15) is 4.79 Å². The molecule has 39 heavy (non-hydrogen) atoms. The Morgan fingerprint density at radius 3 is 1.97 bits per heavy atom. The Balaban J connectivity index is 1.19.